The molecule has 0 spiro atoms. The lowest BCUT2D eigenvalue weighted by Crippen LogP contribution is -2.38. The second-order valence-corrected chi connectivity index (χ2v) is 10.2. The van der Waals surface area contributed by atoms with E-state index in [0.29, 0.717) is 11.5 Å². The first-order chi connectivity index (χ1) is 22.2. The zero-order chi connectivity index (χ0) is 32.9. The van der Waals surface area contributed by atoms with E-state index in [2.05, 4.69) is 4.98 Å². The summed E-state index contributed by atoms with van der Waals surface area (Å²) in [5.41, 5.74) is 0.0812. The van der Waals surface area contributed by atoms with Gasteiger partial charge in [0.2, 0.25) is 0 Å². The van der Waals surface area contributed by atoms with Crippen molar-refractivity contribution in [2.24, 2.45) is 0 Å². The van der Waals surface area contributed by atoms with Crippen LogP contribution >= 0.6 is 0 Å². The molecular weight excluding hydrogens is 596 g/mol. The molecular formula is C34H36N2O10. The molecule has 0 aliphatic rings. The summed E-state index contributed by atoms with van der Waals surface area (Å²) in [5.74, 6) is -0.501. The third-order valence-corrected chi connectivity index (χ3v) is 7.21. The Morgan fingerprint density at radius 3 is 1.93 bits per heavy atom. The van der Waals surface area contributed by atoms with E-state index in [1.54, 1.807) is 14.2 Å². The number of aliphatic carboxylic acids is 1. The molecule has 3 aromatic carbocycles. The molecule has 0 saturated heterocycles. The number of carbonyl (C=O) groups excluding carboxylic acids is 1. The maximum Gasteiger partial charge on any atom is 0.328 e. The molecule has 0 fully saturated rings. The lowest BCUT2D eigenvalue weighted by atomic mass is 9.80. The van der Waals surface area contributed by atoms with Crippen LogP contribution in [0.3, 0.4) is 0 Å². The minimum Gasteiger partial charge on any atom is -0.497 e. The van der Waals surface area contributed by atoms with Crippen LogP contribution in [0, 0.1) is 0 Å². The van der Waals surface area contributed by atoms with E-state index >= 15 is 0 Å². The zero-order valence-corrected chi connectivity index (χ0v) is 25.5. The number of methoxy groups -OCH3 is 2. The lowest BCUT2D eigenvalue weighted by Gasteiger charge is -2.37. The van der Waals surface area contributed by atoms with Gasteiger partial charge in [-0.05, 0) is 41.0 Å². The van der Waals surface area contributed by atoms with Crippen molar-refractivity contribution in [1.82, 2.24) is 9.55 Å². The van der Waals surface area contributed by atoms with Crippen LogP contribution in [-0.2, 0) is 35.9 Å². The molecule has 4 aromatic rings. The largest absolute Gasteiger partial charge is 0.497 e. The number of benzene rings is 3. The molecule has 1 aromatic heterocycles. The molecule has 4 rings (SSSR count). The highest BCUT2D eigenvalue weighted by molar-refractivity contribution is 5.76. The second kappa shape index (κ2) is 16.2. The summed E-state index contributed by atoms with van der Waals surface area (Å²) in [6.45, 7) is -0.218. The van der Waals surface area contributed by atoms with Crippen molar-refractivity contribution >= 4 is 11.9 Å². The number of hydrogen-bond acceptors (Lipinski definition) is 9. The summed E-state index contributed by atoms with van der Waals surface area (Å²) >= 11 is 0. The van der Waals surface area contributed by atoms with Gasteiger partial charge in [-0.15, -0.1) is 0 Å². The Morgan fingerprint density at radius 2 is 1.39 bits per heavy atom. The van der Waals surface area contributed by atoms with Gasteiger partial charge in [0.25, 0.3) is 5.56 Å². The van der Waals surface area contributed by atoms with E-state index in [1.807, 2.05) is 78.9 Å². The monoisotopic (exact) mass is 632 g/mol. The van der Waals surface area contributed by atoms with Crippen LogP contribution in [0.2, 0.25) is 0 Å². The number of nitrogens with one attached hydrogen (secondary N) is 1. The fourth-order valence-corrected chi connectivity index (χ4v) is 4.84. The highest BCUT2D eigenvalue weighted by Gasteiger charge is 2.38. The van der Waals surface area contributed by atoms with E-state index in [9.17, 15) is 19.2 Å². The van der Waals surface area contributed by atoms with Crippen LogP contribution in [0.5, 0.6) is 11.5 Å². The smallest absolute Gasteiger partial charge is 0.328 e. The molecule has 12 heteroatoms. The maximum absolute atomic E-state index is 12.3. The van der Waals surface area contributed by atoms with Gasteiger partial charge in [0.05, 0.1) is 46.8 Å². The zero-order valence-electron chi connectivity index (χ0n) is 25.5. The molecule has 0 bridgehead atoms. The predicted octanol–water partition coefficient (Wildman–Crippen LogP) is 3.36. The van der Waals surface area contributed by atoms with Crippen LogP contribution in [0.4, 0.5) is 0 Å². The summed E-state index contributed by atoms with van der Waals surface area (Å²) in [6.07, 6.45) is -0.147. The van der Waals surface area contributed by atoms with Crippen LogP contribution in [0.1, 0.15) is 29.5 Å². The summed E-state index contributed by atoms with van der Waals surface area (Å²) in [4.78, 5) is 49.1. The molecule has 1 atom stereocenters. The lowest BCUT2D eigenvalue weighted by molar-refractivity contribution is -0.154. The number of hydrogen-bond donors (Lipinski definition) is 2. The van der Waals surface area contributed by atoms with Gasteiger partial charge in [-0.25, -0.2) is 4.79 Å². The summed E-state index contributed by atoms with van der Waals surface area (Å²) in [5, 5.41) is 8.95. The Labute approximate surface area is 265 Å². The average Bonchev–Trinajstić information content (AvgIpc) is 3.08. The number of aromatic amines is 1. The molecule has 0 radical (unpaired) electrons. The summed E-state index contributed by atoms with van der Waals surface area (Å²) in [7, 11) is 3.17. The number of carboxylic acids is 1. The van der Waals surface area contributed by atoms with Gasteiger partial charge in [-0.1, -0.05) is 54.6 Å². The van der Waals surface area contributed by atoms with E-state index in [0.717, 1.165) is 16.7 Å². The highest BCUT2D eigenvalue weighted by Crippen LogP contribution is 2.41. The minimum absolute atomic E-state index is 0.00998. The summed E-state index contributed by atoms with van der Waals surface area (Å²) in [6, 6.07) is 25.8. The number of ether oxygens (including phenoxy) is 5. The van der Waals surface area contributed by atoms with E-state index in [-0.39, 0.29) is 39.2 Å². The van der Waals surface area contributed by atoms with Crippen LogP contribution in [0.15, 0.2) is 101 Å². The normalized spacial score (nSPS) is 11.9. The molecule has 1 heterocycles. The molecule has 0 aliphatic heterocycles. The molecule has 0 amide bonds. The van der Waals surface area contributed by atoms with E-state index in [4.69, 9.17) is 28.8 Å². The van der Waals surface area contributed by atoms with Gasteiger partial charge in [-0.2, -0.15) is 0 Å². The van der Waals surface area contributed by atoms with Gasteiger partial charge >= 0.3 is 17.6 Å². The van der Waals surface area contributed by atoms with Crippen LogP contribution < -0.4 is 20.7 Å². The van der Waals surface area contributed by atoms with Gasteiger partial charge in [0, 0.05) is 12.3 Å². The van der Waals surface area contributed by atoms with Gasteiger partial charge in [0.1, 0.15) is 29.8 Å². The number of nitrogens with zero attached hydrogens (tertiary/aromatic N) is 1. The Kier molecular flexibility index (Phi) is 11.9. The fraction of sp³-hybridized carbons (Fsp3) is 0.294. The number of H-pyrrole nitrogens is 1. The fourth-order valence-electron chi connectivity index (χ4n) is 4.84. The number of rotatable bonds is 17. The molecule has 2 N–H and O–H groups in total. The van der Waals surface area contributed by atoms with Crippen molar-refractivity contribution in [3.63, 3.8) is 0 Å². The Morgan fingerprint density at radius 1 is 0.804 bits per heavy atom. The predicted molar refractivity (Wildman–Crippen MR) is 167 cm³/mol. The van der Waals surface area contributed by atoms with Crippen molar-refractivity contribution in [2.75, 3.05) is 34.0 Å². The third kappa shape index (κ3) is 8.71. The van der Waals surface area contributed by atoms with E-state index < -0.39 is 34.9 Å². The van der Waals surface area contributed by atoms with Crippen molar-refractivity contribution in [1.29, 1.82) is 0 Å². The molecule has 0 unspecified atom stereocenters. The SMILES string of the molecule is COc1ccc(C(OC[C@H](COC(=O)CCC(=O)O)OCCn2ccc(=O)[nH]c2=O)(c2ccccc2)c2ccc(OC)cc2)cc1. The average molecular weight is 633 g/mol. The maximum atomic E-state index is 12.3. The first kappa shape index (κ1) is 33.7. The number of esters is 1. The van der Waals surface area contributed by atoms with Gasteiger partial charge < -0.3 is 28.8 Å². The van der Waals surface area contributed by atoms with Crippen molar-refractivity contribution < 1.29 is 38.4 Å². The van der Waals surface area contributed by atoms with Crippen molar-refractivity contribution in [3.05, 3.63) is 129 Å². The van der Waals surface area contributed by atoms with Crippen molar-refractivity contribution in [3.8, 4) is 11.5 Å². The third-order valence-electron chi connectivity index (χ3n) is 7.21. The minimum atomic E-state index is -1.18. The van der Waals surface area contributed by atoms with Crippen LogP contribution in [0.25, 0.3) is 0 Å². The molecule has 0 aliphatic carbocycles. The number of aromatic nitrogens is 2. The molecule has 12 nitrogen and oxygen atoms in total. The quantitative estimate of drug-likeness (QED) is 0.131. The standard InChI is InChI=1S/C34H36N2O10/c1-42-27-12-8-25(9-13-27)34(24-6-4-3-5-7-24,26-10-14-28(43-2)15-11-26)46-23-29(22-45-32(40)17-16-31(38)39)44-21-20-36-19-18-30(37)35-33(36)41/h3-15,18-19,29H,16-17,20-23H2,1-2H3,(H,38,39)(H,35,37,41)/t29-/m0/s1. The number of carbonyl (C=O) groups is 2. The highest BCUT2D eigenvalue weighted by atomic mass is 16.6. The Balaban J connectivity index is 1.68. The Hall–Kier alpha value is -5.20. The van der Waals surface area contributed by atoms with Gasteiger partial charge in [0.15, 0.2) is 0 Å². The van der Waals surface area contributed by atoms with Gasteiger partial charge in [-0.3, -0.25) is 23.9 Å². The molecule has 0 saturated carbocycles. The van der Waals surface area contributed by atoms with Crippen LogP contribution in [-0.4, -0.2) is 66.7 Å². The first-order valence-electron chi connectivity index (χ1n) is 14.5. The van der Waals surface area contributed by atoms with Crippen molar-refractivity contribution in [2.45, 2.75) is 31.1 Å². The molecule has 46 heavy (non-hydrogen) atoms. The second-order valence-electron chi connectivity index (χ2n) is 10.2. The molecule has 242 valence electrons. The number of carboxylic acid groups (broad SMARTS) is 1. The van der Waals surface area contributed by atoms with E-state index in [1.165, 1.54) is 16.8 Å². The summed E-state index contributed by atoms with van der Waals surface area (Å²) < 4.78 is 30.4. The topological polar surface area (TPSA) is 155 Å². The first-order valence-corrected chi connectivity index (χ1v) is 14.5. The Bertz CT molecular complexity index is 1630.